The van der Waals surface area contributed by atoms with Crippen LogP contribution in [0.2, 0.25) is 0 Å². The van der Waals surface area contributed by atoms with Gasteiger partial charge in [0.05, 0.1) is 7.11 Å². The number of aryl methyl sites for hydroxylation is 1. The number of rotatable bonds is 10. The molecule has 10 heteroatoms. The minimum Gasteiger partial charge on any atom is -0.493 e. The Balaban J connectivity index is 1.44. The molecule has 1 N–H and O–H groups in total. The molecule has 0 bridgehead atoms. The third kappa shape index (κ3) is 5.98. The van der Waals surface area contributed by atoms with E-state index < -0.39 is 6.61 Å². The van der Waals surface area contributed by atoms with Crippen molar-refractivity contribution in [1.29, 1.82) is 0 Å². The summed E-state index contributed by atoms with van der Waals surface area (Å²) < 4.78 is 39.6. The van der Waals surface area contributed by atoms with Gasteiger partial charge in [0.15, 0.2) is 11.5 Å². The molecule has 154 valence electrons. The van der Waals surface area contributed by atoms with E-state index in [0.29, 0.717) is 31.1 Å². The zero-order chi connectivity index (χ0) is 20.6. The lowest BCUT2D eigenvalue weighted by molar-refractivity contribution is -0.121. The maximum Gasteiger partial charge on any atom is 0.387 e. The number of hydrogen-bond acceptors (Lipinski definition) is 7. The molecule has 0 saturated heterocycles. The van der Waals surface area contributed by atoms with E-state index in [-0.39, 0.29) is 23.8 Å². The topological polar surface area (TPSA) is 86.5 Å². The lowest BCUT2D eigenvalue weighted by Gasteiger charge is -2.11. The van der Waals surface area contributed by atoms with E-state index in [1.165, 1.54) is 24.5 Å². The van der Waals surface area contributed by atoms with Gasteiger partial charge in [0.1, 0.15) is 0 Å². The number of ether oxygens (including phenoxy) is 2. The quantitative estimate of drug-likeness (QED) is 0.535. The Morgan fingerprint density at radius 1 is 1.28 bits per heavy atom. The number of alkyl halides is 2. The number of nitrogens with zero attached hydrogens (tertiary/aromatic N) is 2. The Morgan fingerprint density at radius 3 is 2.86 bits per heavy atom. The molecule has 0 aliphatic heterocycles. The first-order chi connectivity index (χ1) is 14.0. The van der Waals surface area contributed by atoms with Gasteiger partial charge in [0, 0.05) is 30.3 Å². The van der Waals surface area contributed by atoms with Gasteiger partial charge in [0.25, 0.3) is 0 Å². The Labute approximate surface area is 169 Å². The number of methoxy groups -OCH3 is 1. The van der Waals surface area contributed by atoms with Crippen LogP contribution in [0.15, 0.2) is 39.5 Å². The van der Waals surface area contributed by atoms with E-state index in [1.54, 1.807) is 12.1 Å². The van der Waals surface area contributed by atoms with E-state index in [1.807, 2.05) is 16.8 Å². The normalized spacial score (nSPS) is 10.9. The van der Waals surface area contributed by atoms with Crippen LogP contribution < -0.4 is 14.8 Å². The highest BCUT2D eigenvalue weighted by Crippen LogP contribution is 2.29. The summed E-state index contributed by atoms with van der Waals surface area (Å²) in [6.45, 7) is -2.59. The number of benzene rings is 1. The van der Waals surface area contributed by atoms with Gasteiger partial charge in [-0.05, 0) is 35.6 Å². The monoisotopic (exact) mass is 423 g/mol. The van der Waals surface area contributed by atoms with Gasteiger partial charge in [-0.3, -0.25) is 4.79 Å². The van der Waals surface area contributed by atoms with Gasteiger partial charge in [-0.1, -0.05) is 11.2 Å². The molecule has 0 aliphatic carbocycles. The van der Waals surface area contributed by atoms with Crippen molar-refractivity contribution >= 4 is 17.2 Å². The Morgan fingerprint density at radius 2 is 2.14 bits per heavy atom. The van der Waals surface area contributed by atoms with Gasteiger partial charge in [0.2, 0.25) is 17.6 Å². The van der Waals surface area contributed by atoms with Crippen molar-refractivity contribution in [3.63, 3.8) is 0 Å². The summed E-state index contributed by atoms with van der Waals surface area (Å²) in [5.41, 5.74) is 1.61. The SMILES string of the molecule is COc1ccc(CCNC(=O)CCc2nc(-c3ccsc3)no2)cc1OC(F)F. The standard InChI is InChI=1S/C19H19F2N3O4S/c1-26-14-3-2-12(10-15(14)27-19(20)21)6-8-22-16(25)4-5-17-23-18(24-28-17)13-7-9-29-11-13/h2-3,7,9-11,19H,4-6,8H2,1H3,(H,22,25). The van der Waals surface area contributed by atoms with Gasteiger partial charge >= 0.3 is 6.61 Å². The molecule has 2 heterocycles. The highest BCUT2D eigenvalue weighted by molar-refractivity contribution is 7.08. The number of amides is 1. The number of aromatic nitrogens is 2. The van der Waals surface area contributed by atoms with E-state index >= 15 is 0 Å². The fourth-order valence-corrected chi connectivity index (χ4v) is 3.22. The number of carbonyl (C=O) groups is 1. The van der Waals surface area contributed by atoms with E-state index in [4.69, 9.17) is 9.26 Å². The second kappa shape index (κ2) is 9.97. The molecule has 2 aromatic heterocycles. The molecule has 0 aliphatic rings. The predicted octanol–water partition coefficient (Wildman–Crippen LogP) is 3.70. The highest BCUT2D eigenvalue weighted by atomic mass is 32.1. The van der Waals surface area contributed by atoms with E-state index in [0.717, 1.165) is 11.1 Å². The van der Waals surface area contributed by atoms with Crippen molar-refractivity contribution in [3.8, 4) is 22.9 Å². The van der Waals surface area contributed by atoms with Crippen LogP contribution in [-0.4, -0.2) is 36.3 Å². The molecular weight excluding hydrogens is 404 g/mol. The van der Waals surface area contributed by atoms with Crippen LogP contribution in [0.5, 0.6) is 11.5 Å². The molecule has 0 fully saturated rings. The summed E-state index contributed by atoms with van der Waals surface area (Å²) in [7, 11) is 1.38. The third-order valence-electron chi connectivity index (χ3n) is 3.99. The Hall–Kier alpha value is -3.01. The zero-order valence-corrected chi connectivity index (χ0v) is 16.4. The third-order valence-corrected chi connectivity index (χ3v) is 4.68. The van der Waals surface area contributed by atoms with Crippen LogP contribution in [0.4, 0.5) is 8.78 Å². The van der Waals surface area contributed by atoms with E-state index in [2.05, 4.69) is 20.2 Å². The van der Waals surface area contributed by atoms with Crippen LogP contribution in [-0.2, 0) is 17.6 Å². The average molecular weight is 423 g/mol. The molecule has 7 nitrogen and oxygen atoms in total. The van der Waals surface area contributed by atoms with E-state index in [9.17, 15) is 13.6 Å². The van der Waals surface area contributed by atoms with Crippen molar-refractivity contribution < 1.29 is 27.6 Å². The van der Waals surface area contributed by atoms with Crippen LogP contribution in [0, 0.1) is 0 Å². The number of carbonyl (C=O) groups excluding carboxylic acids is 1. The molecule has 1 amide bonds. The summed E-state index contributed by atoms with van der Waals surface area (Å²) >= 11 is 1.54. The molecule has 0 radical (unpaired) electrons. The Bertz CT molecular complexity index is 931. The molecular formula is C19H19F2N3O4S. The molecule has 3 aromatic rings. The maximum absolute atomic E-state index is 12.5. The summed E-state index contributed by atoms with van der Waals surface area (Å²) in [6, 6.07) is 6.65. The molecule has 29 heavy (non-hydrogen) atoms. The number of hydrogen-bond donors (Lipinski definition) is 1. The number of halogens is 2. The van der Waals surface area contributed by atoms with Crippen LogP contribution >= 0.6 is 11.3 Å². The minimum atomic E-state index is -2.94. The molecule has 3 rings (SSSR count). The minimum absolute atomic E-state index is 0.0378. The molecule has 0 atom stereocenters. The van der Waals surface area contributed by atoms with Gasteiger partial charge in [-0.2, -0.15) is 25.1 Å². The number of thiophene rings is 1. The first kappa shape index (κ1) is 20.7. The second-order valence-electron chi connectivity index (χ2n) is 5.99. The lowest BCUT2D eigenvalue weighted by atomic mass is 10.1. The Kier molecular flexibility index (Phi) is 7.12. The van der Waals surface area contributed by atoms with Gasteiger partial charge in [-0.15, -0.1) is 0 Å². The predicted molar refractivity (Wildman–Crippen MR) is 102 cm³/mol. The first-order valence-corrected chi connectivity index (χ1v) is 9.73. The van der Waals surface area contributed by atoms with Gasteiger partial charge < -0.3 is 19.3 Å². The van der Waals surface area contributed by atoms with Crippen molar-refractivity contribution in [3.05, 3.63) is 46.5 Å². The van der Waals surface area contributed by atoms with Crippen molar-refractivity contribution in [2.75, 3.05) is 13.7 Å². The van der Waals surface area contributed by atoms with Crippen molar-refractivity contribution in [1.82, 2.24) is 15.5 Å². The smallest absolute Gasteiger partial charge is 0.387 e. The maximum atomic E-state index is 12.5. The van der Waals surface area contributed by atoms with Gasteiger partial charge in [-0.25, -0.2) is 0 Å². The summed E-state index contributed by atoms with van der Waals surface area (Å²) in [6.07, 6.45) is 0.990. The zero-order valence-electron chi connectivity index (χ0n) is 15.6. The van der Waals surface area contributed by atoms with Crippen LogP contribution in [0.3, 0.4) is 0 Å². The van der Waals surface area contributed by atoms with Crippen LogP contribution in [0.25, 0.3) is 11.4 Å². The fourth-order valence-electron chi connectivity index (χ4n) is 2.59. The molecule has 0 spiro atoms. The number of nitrogens with one attached hydrogen (secondary N) is 1. The lowest BCUT2D eigenvalue weighted by Crippen LogP contribution is -2.25. The summed E-state index contributed by atoms with van der Waals surface area (Å²) in [5.74, 6) is 0.912. The molecule has 1 aromatic carbocycles. The van der Waals surface area contributed by atoms with Crippen LogP contribution in [0.1, 0.15) is 17.9 Å². The first-order valence-electron chi connectivity index (χ1n) is 8.78. The fraction of sp³-hybridized carbons (Fsp3) is 0.316. The summed E-state index contributed by atoms with van der Waals surface area (Å²) in [5, 5.41) is 10.5. The molecule has 0 saturated carbocycles. The highest BCUT2D eigenvalue weighted by Gasteiger charge is 2.13. The summed E-state index contributed by atoms with van der Waals surface area (Å²) in [4.78, 5) is 16.3. The van der Waals surface area contributed by atoms with Crippen molar-refractivity contribution in [2.45, 2.75) is 25.9 Å². The largest absolute Gasteiger partial charge is 0.493 e. The second-order valence-corrected chi connectivity index (χ2v) is 6.77. The van der Waals surface area contributed by atoms with Crippen molar-refractivity contribution in [2.24, 2.45) is 0 Å². The average Bonchev–Trinajstić information content (AvgIpc) is 3.38. The molecule has 0 unspecified atom stereocenters.